The number of amides is 2. The minimum absolute atomic E-state index is 0.442. The summed E-state index contributed by atoms with van der Waals surface area (Å²) in [7, 11) is 0. The molecule has 0 spiro atoms. The lowest BCUT2D eigenvalue weighted by Gasteiger charge is -2.30. The predicted molar refractivity (Wildman–Crippen MR) is 104 cm³/mol. The van der Waals surface area contributed by atoms with Crippen LogP contribution in [-0.4, -0.2) is 29.5 Å². The quantitative estimate of drug-likeness (QED) is 0.647. The van der Waals surface area contributed by atoms with Crippen molar-refractivity contribution < 1.29 is 24.2 Å². The van der Waals surface area contributed by atoms with Crippen LogP contribution in [0.5, 0.6) is 5.75 Å². The molecule has 4 rings (SSSR count). The van der Waals surface area contributed by atoms with Crippen LogP contribution >= 0.6 is 0 Å². The molecule has 0 aliphatic carbocycles. The van der Waals surface area contributed by atoms with E-state index in [9.17, 15) is 19.5 Å². The molecule has 0 aromatic heterocycles. The van der Waals surface area contributed by atoms with E-state index in [0.717, 1.165) is 12.0 Å². The number of rotatable bonds is 6. The lowest BCUT2D eigenvalue weighted by atomic mass is 9.75. The summed E-state index contributed by atoms with van der Waals surface area (Å²) in [5.41, 5.74) is -0.518. The monoisotopic (exact) mass is 394 g/mol. The van der Waals surface area contributed by atoms with Gasteiger partial charge in [0.05, 0.1) is 18.4 Å². The van der Waals surface area contributed by atoms with Gasteiger partial charge in [-0.2, -0.15) is 0 Å². The molecule has 2 aliphatic rings. The van der Waals surface area contributed by atoms with Gasteiger partial charge in [0.1, 0.15) is 5.75 Å². The van der Waals surface area contributed by atoms with E-state index in [2.05, 4.69) is 10.6 Å². The second kappa shape index (κ2) is 7.33. The van der Waals surface area contributed by atoms with Gasteiger partial charge in [0.2, 0.25) is 11.8 Å². The van der Waals surface area contributed by atoms with Gasteiger partial charge in [0.25, 0.3) is 0 Å². The molecule has 2 aromatic carbocycles. The summed E-state index contributed by atoms with van der Waals surface area (Å²) >= 11 is 0. The third kappa shape index (κ3) is 2.98. The van der Waals surface area contributed by atoms with Crippen molar-refractivity contribution in [2.75, 3.05) is 6.61 Å². The fraction of sp³-hybridized carbons (Fsp3) is 0.318. The summed E-state index contributed by atoms with van der Waals surface area (Å²) in [5.74, 6) is -3.37. The number of hydrogen-bond donors (Lipinski definition) is 3. The van der Waals surface area contributed by atoms with Gasteiger partial charge in [0.15, 0.2) is 5.54 Å². The van der Waals surface area contributed by atoms with Gasteiger partial charge < -0.3 is 9.84 Å². The number of carboxylic acids is 1. The van der Waals surface area contributed by atoms with Crippen LogP contribution in [0.2, 0.25) is 0 Å². The summed E-state index contributed by atoms with van der Waals surface area (Å²) in [6.45, 7) is 2.61. The Hall–Kier alpha value is -3.19. The van der Waals surface area contributed by atoms with E-state index in [1.165, 1.54) is 0 Å². The van der Waals surface area contributed by atoms with E-state index in [1.807, 2.05) is 6.92 Å². The molecule has 4 atom stereocenters. The van der Waals surface area contributed by atoms with Gasteiger partial charge >= 0.3 is 5.97 Å². The Morgan fingerprint density at radius 3 is 2.38 bits per heavy atom. The number of fused-ring (bicyclic) bond motifs is 1. The highest BCUT2D eigenvalue weighted by Crippen LogP contribution is 2.50. The summed E-state index contributed by atoms with van der Waals surface area (Å²) in [5, 5.41) is 15.7. The molecular formula is C22H22N2O5. The van der Waals surface area contributed by atoms with Crippen molar-refractivity contribution in [3.05, 3.63) is 65.7 Å². The number of ether oxygens (including phenoxy) is 1. The minimum atomic E-state index is -1.69. The Bertz CT molecular complexity index is 943. The molecule has 29 heavy (non-hydrogen) atoms. The fourth-order valence-corrected chi connectivity index (χ4v) is 4.40. The minimum Gasteiger partial charge on any atom is -0.494 e. The zero-order valence-corrected chi connectivity index (χ0v) is 15.9. The lowest BCUT2D eigenvalue weighted by molar-refractivity contribution is -0.149. The normalized spacial score (nSPS) is 28.1. The number of nitrogens with one attached hydrogen (secondary N) is 2. The van der Waals surface area contributed by atoms with E-state index >= 15 is 0 Å². The van der Waals surface area contributed by atoms with Crippen molar-refractivity contribution in [2.45, 2.75) is 24.9 Å². The molecule has 2 aliphatic heterocycles. The Balaban J connectivity index is 1.78. The molecular weight excluding hydrogens is 372 g/mol. The summed E-state index contributed by atoms with van der Waals surface area (Å²) in [6.07, 6.45) is 0.885. The van der Waals surface area contributed by atoms with Crippen LogP contribution in [0.25, 0.3) is 0 Å². The molecule has 2 fully saturated rings. The maximum absolute atomic E-state index is 12.7. The van der Waals surface area contributed by atoms with Crippen molar-refractivity contribution in [3.63, 3.8) is 0 Å². The molecule has 0 radical (unpaired) electrons. The largest absolute Gasteiger partial charge is 0.494 e. The second-order valence-corrected chi connectivity index (χ2v) is 7.38. The highest BCUT2D eigenvalue weighted by atomic mass is 16.5. The first-order valence-corrected chi connectivity index (χ1v) is 9.63. The molecule has 0 saturated carbocycles. The Kier molecular flexibility index (Phi) is 4.84. The molecule has 3 N–H and O–H groups in total. The van der Waals surface area contributed by atoms with Crippen molar-refractivity contribution in [1.82, 2.24) is 10.6 Å². The predicted octanol–water partition coefficient (Wildman–Crippen LogP) is 1.99. The average molecular weight is 394 g/mol. The maximum atomic E-state index is 12.7. The van der Waals surface area contributed by atoms with Crippen LogP contribution in [0.1, 0.15) is 30.5 Å². The molecule has 2 heterocycles. The Morgan fingerprint density at radius 1 is 1.07 bits per heavy atom. The van der Waals surface area contributed by atoms with Crippen LogP contribution < -0.4 is 15.4 Å². The highest BCUT2D eigenvalue weighted by molar-refractivity contribution is 6.09. The number of benzene rings is 2. The third-order valence-corrected chi connectivity index (χ3v) is 5.68. The van der Waals surface area contributed by atoms with Gasteiger partial charge in [-0.05, 0) is 29.7 Å². The van der Waals surface area contributed by atoms with Gasteiger partial charge in [-0.15, -0.1) is 0 Å². The first kappa shape index (κ1) is 19.1. The number of aliphatic carboxylic acids is 1. The zero-order valence-electron chi connectivity index (χ0n) is 15.9. The number of carbonyl (C=O) groups is 3. The van der Waals surface area contributed by atoms with Crippen LogP contribution in [0.3, 0.4) is 0 Å². The first-order valence-electron chi connectivity index (χ1n) is 9.63. The lowest BCUT2D eigenvalue weighted by Crippen LogP contribution is -2.52. The molecule has 0 bridgehead atoms. The topological polar surface area (TPSA) is 105 Å². The van der Waals surface area contributed by atoms with Crippen LogP contribution in [-0.2, 0) is 19.9 Å². The molecule has 150 valence electrons. The Morgan fingerprint density at radius 2 is 1.76 bits per heavy atom. The van der Waals surface area contributed by atoms with E-state index in [1.54, 1.807) is 54.6 Å². The highest BCUT2D eigenvalue weighted by Gasteiger charge is 2.67. The first-order chi connectivity index (χ1) is 14.0. The van der Waals surface area contributed by atoms with Crippen LogP contribution in [0.4, 0.5) is 0 Å². The van der Waals surface area contributed by atoms with E-state index < -0.39 is 41.2 Å². The average Bonchev–Trinajstić information content (AvgIpc) is 3.24. The van der Waals surface area contributed by atoms with Gasteiger partial charge in [-0.1, -0.05) is 49.4 Å². The smallest absolute Gasteiger partial charge is 0.329 e. The second-order valence-electron chi connectivity index (χ2n) is 7.38. The number of carboxylic acid groups (broad SMARTS) is 1. The summed E-state index contributed by atoms with van der Waals surface area (Å²) in [4.78, 5) is 37.8. The van der Waals surface area contributed by atoms with Gasteiger partial charge in [-0.25, -0.2) is 4.79 Å². The van der Waals surface area contributed by atoms with Gasteiger partial charge in [-0.3, -0.25) is 20.2 Å². The molecule has 4 unspecified atom stereocenters. The van der Waals surface area contributed by atoms with E-state index in [0.29, 0.717) is 17.9 Å². The SMILES string of the molecule is CCCOc1ccc(C2NC(C(=O)O)(c3ccccc3)C3C(=O)NC(=O)C23)cc1. The van der Waals surface area contributed by atoms with E-state index in [4.69, 9.17) is 4.74 Å². The number of carbonyl (C=O) groups excluding carboxylic acids is 2. The summed E-state index contributed by atoms with van der Waals surface area (Å²) < 4.78 is 5.60. The van der Waals surface area contributed by atoms with Crippen molar-refractivity contribution in [2.24, 2.45) is 11.8 Å². The molecule has 7 heteroatoms. The number of imide groups is 1. The molecule has 2 amide bonds. The standard InChI is InChI=1S/C22H22N2O5/c1-2-12-29-15-10-8-13(9-11-15)18-16-17(20(26)23-19(16)25)22(24-18,21(27)28)14-6-4-3-5-7-14/h3-11,16-18,24H,2,12H2,1H3,(H,27,28)(H,23,25,26). The van der Waals surface area contributed by atoms with Crippen molar-refractivity contribution in [3.8, 4) is 5.75 Å². The van der Waals surface area contributed by atoms with Crippen molar-refractivity contribution >= 4 is 17.8 Å². The van der Waals surface area contributed by atoms with Gasteiger partial charge in [0, 0.05) is 6.04 Å². The molecule has 7 nitrogen and oxygen atoms in total. The number of hydrogen-bond acceptors (Lipinski definition) is 5. The van der Waals surface area contributed by atoms with Crippen molar-refractivity contribution in [1.29, 1.82) is 0 Å². The van der Waals surface area contributed by atoms with E-state index in [-0.39, 0.29) is 0 Å². The third-order valence-electron chi connectivity index (χ3n) is 5.68. The zero-order chi connectivity index (χ0) is 20.6. The summed E-state index contributed by atoms with van der Waals surface area (Å²) in [6, 6.07) is 15.1. The molecule has 2 aromatic rings. The maximum Gasteiger partial charge on any atom is 0.329 e. The Labute approximate surface area is 168 Å². The van der Waals surface area contributed by atoms with Crippen LogP contribution in [0, 0.1) is 11.8 Å². The fourth-order valence-electron chi connectivity index (χ4n) is 4.40. The molecule has 2 saturated heterocycles. The van der Waals surface area contributed by atoms with Crippen LogP contribution in [0.15, 0.2) is 54.6 Å².